The van der Waals surface area contributed by atoms with E-state index in [4.69, 9.17) is 5.41 Å². The van der Waals surface area contributed by atoms with E-state index in [1.807, 2.05) is 32.2 Å². The number of H-pyrrole nitrogens is 1. The van der Waals surface area contributed by atoms with Crippen LogP contribution >= 0.6 is 0 Å². The van der Waals surface area contributed by atoms with Crippen molar-refractivity contribution < 1.29 is 4.79 Å². The van der Waals surface area contributed by atoms with E-state index in [-0.39, 0.29) is 17.4 Å². The molecule has 1 aliphatic rings. The van der Waals surface area contributed by atoms with Gasteiger partial charge in [0.2, 0.25) is 5.91 Å². The average Bonchev–Trinajstić information content (AvgIpc) is 2.93. The number of nitrogens with zero attached hydrogens (tertiary/aromatic N) is 1. The number of aromatic amines is 1. The van der Waals surface area contributed by atoms with Crippen LogP contribution in [0, 0.1) is 17.3 Å². The minimum Gasteiger partial charge on any atom is -0.361 e. The molecular weight excluding hydrogens is 300 g/mol. The number of carbonyl (C=O) groups excluding carboxylic acids is 1. The Bertz CT molecular complexity index is 850. The van der Waals surface area contributed by atoms with Crippen molar-refractivity contribution in [2.45, 2.75) is 38.6 Å². The van der Waals surface area contributed by atoms with Crippen LogP contribution in [-0.4, -0.2) is 34.3 Å². The number of aryl methyl sites for hydroxylation is 1. The van der Waals surface area contributed by atoms with Crippen LogP contribution in [0.15, 0.2) is 24.4 Å². The Balaban J connectivity index is 1.80. The van der Waals surface area contributed by atoms with E-state index < -0.39 is 0 Å². The Kier molecular flexibility index (Phi) is 4.06. The maximum Gasteiger partial charge on any atom is 0.231 e. The van der Waals surface area contributed by atoms with Crippen molar-refractivity contribution in [2.24, 2.45) is 0 Å². The van der Waals surface area contributed by atoms with E-state index in [9.17, 15) is 4.79 Å². The number of rotatable bonds is 3. The standard InChI is InChI=1S/C19H22N4O/c1-4-5-13-6-7-16-15(10-13)14(12-21-16)8-9-19(2)11-17(24)23(3)18(20)22-19/h6-7,10,12,21H,8-9,11H2,1-3H3,(H2,20,22)/t19-/m1/s1. The number of hydrogen-bond acceptors (Lipinski definition) is 2. The summed E-state index contributed by atoms with van der Waals surface area (Å²) in [6.07, 6.45) is 4.04. The van der Waals surface area contributed by atoms with Gasteiger partial charge in [-0.2, -0.15) is 0 Å². The second-order valence-corrected chi connectivity index (χ2v) is 6.61. The summed E-state index contributed by atoms with van der Waals surface area (Å²) in [5.41, 5.74) is 2.93. The molecule has 0 aliphatic carbocycles. The first-order valence-electron chi connectivity index (χ1n) is 8.08. The first-order valence-corrected chi connectivity index (χ1v) is 8.08. The Hall–Kier alpha value is -2.74. The molecule has 5 nitrogen and oxygen atoms in total. The van der Waals surface area contributed by atoms with Gasteiger partial charge in [-0.3, -0.25) is 15.1 Å². The summed E-state index contributed by atoms with van der Waals surface area (Å²) in [6.45, 7) is 3.84. The summed E-state index contributed by atoms with van der Waals surface area (Å²) in [5.74, 6) is 6.18. The Labute approximate surface area is 141 Å². The Morgan fingerprint density at radius 3 is 2.92 bits per heavy atom. The number of amides is 1. The normalized spacial score (nSPS) is 20.7. The van der Waals surface area contributed by atoms with E-state index >= 15 is 0 Å². The summed E-state index contributed by atoms with van der Waals surface area (Å²) < 4.78 is 0. The quantitative estimate of drug-likeness (QED) is 0.760. The van der Waals surface area contributed by atoms with Crippen molar-refractivity contribution in [1.29, 1.82) is 5.41 Å². The van der Waals surface area contributed by atoms with Crippen LogP contribution in [0.5, 0.6) is 0 Å². The minimum atomic E-state index is -0.384. The molecule has 0 spiro atoms. The number of hydrogen-bond donors (Lipinski definition) is 3. The second-order valence-electron chi connectivity index (χ2n) is 6.61. The molecule has 3 N–H and O–H groups in total. The number of benzene rings is 1. The van der Waals surface area contributed by atoms with Gasteiger partial charge < -0.3 is 10.3 Å². The van der Waals surface area contributed by atoms with Gasteiger partial charge in [0, 0.05) is 35.2 Å². The minimum absolute atomic E-state index is 0.0133. The van der Waals surface area contributed by atoms with Crippen molar-refractivity contribution in [1.82, 2.24) is 15.2 Å². The molecule has 1 aliphatic heterocycles. The zero-order chi connectivity index (χ0) is 17.3. The lowest BCUT2D eigenvalue weighted by Gasteiger charge is -2.39. The molecule has 5 heteroatoms. The number of guanidine groups is 1. The molecule has 1 saturated heterocycles. The van der Waals surface area contributed by atoms with E-state index in [1.165, 1.54) is 15.8 Å². The van der Waals surface area contributed by atoms with Gasteiger partial charge in [0.1, 0.15) is 0 Å². The fourth-order valence-corrected chi connectivity index (χ4v) is 3.16. The molecule has 2 aromatic rings. The van der Waals surface area contributed by atoms with Crippen LogP contribution in [0.2, 0.25) is 0 Å². The third-order valence-corrected chi connectivity index (χ3v) is 4.65. The number of fused-ring (bicyclic) bond motifs is 1. The molecular formula is C19H22N4O. The van der Waals surface area contributed by atoms with Crippen molar-refractivity contribution in [3.63, 3.8) is 0 Å². The van der Waals surface area contributed by atoms with Crippen LogP contribution < -0.4 is 5.32 Å². The zero-order valence-electron chi connectivity index (χ0n) is 14.3. The van der Waals surface area contributed by atoms with Gasteiger partial charge >= 0.3 is 0 Å². The van der Waals surface area contributed by atoms with Gasteiger partial charge in [-0.25, -0.2) is 0 Å². The molecule has 2 heterocycles. The highest BCUT2D eigenvalue weighted by molar-refractivity contribution is 5.98. The maximum atomic E-state index is 12.0. The van der Waals surface area contributed by atoms with Crippen LogP contribution in [0.1, 0.15) is 37.8 Å². The number of nitrogens with one attached hydrogen (secondary N) is 3. The van der Waals surface area contributed by atoms with Crippen molar-refractivity contribution in [2.75, 3.05) is 7.05 Å². The number of carbonyl (C=O) groups is 1. The van der Waals surface area contributed by atoms with Gasteiger partial charge in [0.15, 0.2) is 5.96 Å². The van der Waals surface area contributed by atoms with Gasteiger partial charge in [0.05, 0.1) is 6.42 Å². The third kappa shape index (κ3) is 3.00. The van der Waals surface area contributed by atoms with E-state index in [0.717, 1.165) is 23.9 Å². The maximum absolute atomic E-state index is 12.0. The zero-order valence-corrected chi connectivity index (χ0v) is 14.3. The van der Waals surface area contributed by atoms with E-state index in [0.29, 0.717) is 6.42 Å². The molecule has 3 rings (SSSR count). The van der Waals surface area contributed by atoms with E-state index in [1.54, 1.807) is 7.05 Å². The fraction of sp³-hybridized carbons (Fsp3) is 0.368. The van der Waals surface area contributed by atoms with Gasteiger partial charge in [-0.1, -0.05) is 5.92 Å². The van der Waals surface area contributed by atoms with Crippen LogP contribution in [0.4, 0.5) is 0 Å². The smallest absolute Gasteiger partial charge is 0.231 e. The molecule has 1 fully saturated rings. The number of aromatic nitrogens is 1. The third-order valence-electron chi connectivity index (χ3n) is 4.65. The lowest BCUT2D eigenvalue weighted by atomic mass is 9.88. The Morgan fingerprint density at radius 2 is 2.21 bits per heavy atom. The lowest BCUT2D eigenvalue weighted by molar-refractivity contribution is -0.129. The first kappa shape index (κ1) is 16.1. The summed E-state index contributed by atoms with van der Waals surface area (Å²) in [7, 11) is 1.63. The molecule has 0 radical (unpaired) electrons. The molecule has 0 saturated carbocycles. The highest BCUT2D eigenvalue weighted by Crippen LogP contribution is 2.26. The van der Waals surface area contributed by atoms with Crippen LogP contribution in [0.25, 0.3) is 10.9 Å². The largest absolute Gasteiger partial charge is 0.361 e. The second kappa shape index (κ2) is 6.04. The molecule has 1 aromatic carbocycles. The van der Waals surface area contributed by atoms with Crippen molar-refractivity contribution >= 4 is 22.8 Å². The van der Waals surface area contributed by atoms with Gasteiger partial charge in [0.25, 0.3) is 0 Å². The molecule has 1 aromatic heterocycles. The van der Waals surface area contributed by atoms with Gasteiger partial charge in [-0.15, -0.1) is 5.92 Å². The van der Waals surface area contributed by atoms with Crippen LogP contribution in [0.3, 0.4) is 0 Å². The molecule has 1 atom stereocenters. The monoisotopic (exact) mass is 322 g/mol. The first-order chi connectivity index (χ1) is 11.4. The SMILES string of the molecule is CC#Cc1ccc2[nH]cc(CC[C@]3(C)CC(=O)N(C)C(=N)N3)c2c1. The van der Waals surface area contributed by atoms with Crippen molar-refractivity contribution in [3.05, 3.63) is 35.5 Å². The van der Waals surface area contributed by atoms with E-state index in [2.05, 4.69) is 28.2 Å². The lowest BCUT2D eigenvalue weighted by Crippen LogP contribution is -2.60. The van der Waals surface area contributed by atoms with Gasteiger partial charge in [-0.05, 0) is 50.5 Å². The summed E-state index contributed by atoms with van der Waals surface area (Å²) in [6, 6.07) is 6.17. The highest BCUT2D eigenvalue weighted by Gasteiger charge is 2.36. The topological polar surface area (TPSA) is 72.0 Å². The molecule has 0 bridgehead atoms. The van der Waals surface area contributed by atoms with Crippen LogP contribution in [-0.2, 0) is 11.2 Å². The predicted molar refractivity (Wildman–Crippen MR) is 95.8 cm³/mol. The average molecular weight is 322 g/mol. The molecule has 0 unspecified atom stereocenters. The predicted octanol–water partition coefficient (Wildman–Crippen LogP) is 2.62. The molecule has 124 valence electrons. The summed E-state index contributed by atoms with van der Waals surface area (Å²) in [4.78, 5) is 16.7. The highest BCUT2D eigenvalue weighted by atomic mass is 16.2. The fourth-order valence-electron chi connectivity index (χ4n) is 3.16. The van der Waals surface area contributed by atoms with Crippen molar-refractivity contribution in [3.8, 4) is 11.8 Å². The molecule has 24 heavy (non-hydrogen) atoms. The summed E-state index contributed by atoms with van der Waals surface area (Å²) in [5, 5.41) is 12.3. The summed E-state index contributed by atoms with van der Waals surface area (Å²) >= 11 is 0. The molecule has 1 amide bonds. The Morgan fingerprint density at radius 1 is 1.42 bits per heavy atom.